The average Bonchev–Trinajstić information content (AvgIpc) is 2.71. The van der Waals surface area contributed by atoms with Crippen LogP contribution in [0, 0.1) is 0 Å². The number of carbonyl (C=O) groups is 1. The third kappa shape index (κ3) is 2.89. The van der Waals surface area contributed by atoms with Crippen LogP contribution < -0.4 is 5.73 Å². The number of fused-ring (bicyclic) bond motifs is 1. The zero-order valence-corrected chi connectivity index (χ0v) is 12.2. The zero-order chi connectivity index (χ0) is 13.8. The molecule has 2 rings (SSSR count). The van der Waals surface area contributed by atoms with Gasteiger partial charge in [0.1, 0.15) is 10.6 Å². The standard InChI is InChI=1S/C15H19NO2S/c1-3-5-6-10-7-8-12-11(9-10)13(14(16)19-12)15(17)18-4-2/h7-9H,3-6,16H2,1-2H3. The normalized spacial score (nSPS) is 10.8. The van der Waals surface area contributed by atoms with E-state index in [2.05, 4.69) is 19.1 Å². The molecule has 4 heteroatoms. The van der Waals surface area contributed by atoms with E-state index in [-0.39, 0.29) is 5.97 Å². The maximum atomic E-state index is 12.0. The third-order valence-corrected chi connectivity index (χ3v) is 4.08. The molecule has 1 aromatic carbocycles. The second kappa shape index (κ2) is 6.06. The van der Waals surface area contributed by atoms with Crippen molar-refractivity contribution in [2.75, 3.05) is 12.3 Å². The number of nitrogen functional groups attached to an aromatic ring is 1. The topological polar surface area (TPSA) is 52.3 Å². The monoisotopic (exact) mass is 277 g/mol. The summed E-state index contributed by atoms with van der Waals surface area (Å²) in [5, 5.41) is 1.47. The summed E-state index contributed by atoms with van der Waals surface area (Å²) in [7, 11) is 0. The number of esters is 1. The Morgan fingerprint density at radius 1 is 1.37 bits per heavy atom. The van der Waals surface area contributed by atoms with Crippen molar-refractivity contribution in [2.24, 2.45) is 0 Å². The smallest absolute Gasteiger partial charge is 0.341 e. The molecule has 19 heavy (non-hydrogen) atoms. The molecule has 1 heterocycles. The van der Waals surface area contributed by atoms with Crippen LogP contribution in [0.4, 0.5) is 5.00 Å². The number of anilines is 1. The number of carbonyl (C=O) groups excluding carboxylic acids is 1. The van der Waals surface area contributed by atoms with E-state index in [1.54, 1.807) is 6.92 Å². The minimum atomic E-state index is -0.320. The van der Waals surface area contributed by atoms with Gasteiger partial charge < -0.3 is 10.5 Å². The first-order valence-electron chi connectivity index (χ1n) is 6.65. The summed E-state index contributed by atoms with van der Waals surface area (Å²) in [6, 6.07) is 6.23. The van der Waals surface area contributed by atoms with E-state index in [0.29, 0.717) is 17.2 Å². The molecule has 0 fully saturated rings. The predicted molar refractivity (Wildman–Crippen MR) is 80.8 cm³/mol. The molecule has 0 atom stereocenters. The fourth-order valence-electron chi connectivity index (χ4n) is 2.11. The van der Waals surface area contributed by atoms with Crippen molar-refractivity contribution in [3.8, 4) is 0 Å². The molecule has 0 aliphatic carbocycles. The molecule has 3 nitrogen and oxygen atoms in total. The van der Waals surface area contributed by atoms with Crippen LogP contribution in [0.3, 0.4) is 0 Å². The van der Waals surface area contributed by atoms with Crippen LogP contribution in [0.1, 0.15) is 42.6 Å². The summed E-state index contributed by atoms with van der Waals surface area (Å²) < 4.78 is 6.13. The SMILES string of the molecule is CCCCc1ccc2sc(N)c(C(=O)OCC)c2c1. The van der Waals surface area contributed by atoms with E-state index in [1.165, 1.54) is 16.9 Å². The largest absolute Gasteiger partial charge is 0.462 e. The Bertz CT molecular complexity index is 589. The molecular weight excluding hydrogens is 258 g/mol. The highest BCUT2D eigenvalue weighted by Gasteiger charge is 2.18. The van der Waals surface area contributed by atoms with E-state index in [4.69, 9.17) is 10.5 Å². The van der Waals surface area contributed by atoms with Crippen LogP contribution in [-0.4, -0.2) is 12.6 Å². The molecule has 0 amide bonds. The van der Waals surface area contributed by atoms with Gasteiger partial charge in [0.2, 0.25) is 0 Å². The van der Waals surface area contributed by atoms with Gasteiger partial charge in [-0.15, -0.1) is 11.3 Å². The minimum absolute atomic E-state index is 0.320. The summed E-state index contributed by atoms with van der Waals surface area (Å²) in [5.41, 5.74) is 7.73. The van der Waals surface area contributed by atoms with Gasteiger partial charge in [-0.2, -0.15) is 0 Å². The van der Waals surface area contributed by atoms with Gasteiger partial charge in [-0.3, -0.25) is 0 Å². The summed E-state index contributed by atoms with van der Waals surface area (Å²) >= 11 is 1.44. The number of rotatable bonds is 5. The van der Waals surface area contributed by atoms with E-state index in [9.17, 15) is 4.79 Å². The van der Waals surface area contributed by atoms with Crippen LogP contribution in [-0.2, 0) is 11.2 Å². The van der Waals surface area contributed by atoms with Crippen molar-refractivity contribution < 1.29 is 9.53 Å². The second-order valence-electron chi connectivity index (χ2n) is 4.50. The van der Waals surface area contributed by atoms with Crippen molar-refractivity contribution in [3.05, 3.63) is 29.3 Å². The maximum absolute atomic E-state index is 12.0. The van der Waals surface area contributed by atoms with Gasteiger partial charge in [-0.1, -0.05) is 19.4 Å². The molecule has 0 radical (unpaired) electrons. The summed E-state index contributed by atoms with van der Waals surface area (Å²) in [4.78, 5) is 12.0. The molecule has 0 aliphatic rings. The molecule has 0 saturated carbocycles. The van der Waals surface area contributed by atoms with Crippen molar-refractivity contribution in [1.29, 1.82) is 0 Å². The molecule has 0 unspecified atom stereocenters. The van der Waals surface area contributed by atoms with E-state index >= 15 is 0 Å². The number of nitrogens with two attached hydrogens (primary N) is 1. The molecule has 1 aromatic heterocycles. The highest BCUT2D eigenvalue weighted by molar-refractivity contribution is 7.23. The van der Waals surface area contributed by atoms with Crippen LogP contribution in [0.15, 0.2) is 18.2 Å². The Balaban J connectivity index is 2.44. The highest BCUT2D eigenvalue weighted by Crippen LogP contribution is 2.34. The Morgan fingerprint density at radius 3 is 2.84 bits per heavy atom. The van der Waals surface area contributed by atoms with Crippen molar-refractivity contribution in [3.63, 3.8) is 0 Å². The molecular formula is C15H19NO2S. The second-order valence-corrected chi connectivity index (χ2v) is 5.58. The molecule has 0 bridgehead atoms. The predicted octanol–water partition coefficient (Wildman–Crippen LogP) is 4.00. The Kier molecular flexibility index (Phi) is 4.43. The number of hydrogen-bond acceptors (Lipinski definition) is 4. The van der Waals surface area contributed by atoms with Gasteiger partial charge >= 0.3 is 5.97 Å². The number of ether oxygens (including phenoxy) is 1. The summed E-state index contributed by atoms with van der Waals surface area (Å²) in [6.07, 6.45) is 3.35. The van der Waals surface area contributed by atoms with Crippen molar-refractivity contribution >= 4 is 32.4 Å². The molecule has 0 spiro atoms. The van der Waals surface area contributed by atoms with Crippen LogP contribution in [0.25, 0.3) is 10.1 Å². The molecule has 102 valence electrons. The van der Waals surface area contributed by atoms with Gasteiger partial charge in [-0.05, 0) is 37.5 Å². The fourth-order valence-corrected chi connectivity index (χ4v) is 3.05. The van der Waals surface area contributed by atoms with Gasteiger partial charge in [0.25, 0.3) is 0 Å². The lowest BCUT2D eigenvalue weighted by atomic mass is 10.0. The molecule has 0 saturated heterocycles. The van der Waals surface area contributed by atoms with Gasteiger partial charge in [0, 0.05) is 10.1 Å². The molecule has 2 N–H and O–H groups in total. The quantitative estimate of drug-likeness (QED) is 0.840. The van der Waals surface area contributed by atoms with Gasteiger partial charge in [-0.25, -0.2) is 4.79 Å². The first-order chi connectivity index (χ1) is 9.17. The Morgan fingerprint density at radius 2 is 2.16 bits per heavy atom. The number of thiophene rings is 1. The third-order valence-electron chi connectivity index (χ3n) is 3.08. The lowest BCUT2D eigenvalue weighted by Crippen LogP contribution is -2.06. The Labute approximate surface area is 117 Å². The molecule has 0 aliphatic heterocycles. The van der Waals surface area contributed by atoms with Crippen LogP contribution >= 0.6 is 11.3 Å². The van der Waals surface area contributed by atoms with Gasteiger partial charge in [0.15, 0.2) is 0 Å². The van der Waals surface area contributed by atoms with Crippen LogP contribution in [0.5, 0.6) is 0 Å². The zero-order valence-electron chi connectivity index (χ0n) is 11.4. The van der Waals surface area contributed by atoms with Crippen molar-refractivity contribution in [2.45, 2.75) is 33.1 Å². The highest BCUT2D eigenvalue weighted by atomic mass is 32.1. The lowest BCUT2D eigenvalue weighted by Gasteiger charge is -2.03. The Hall–Kier alpha value is -1.55. The number of benzene rings is 1. The molecule has 2 aromatic rings. The fraction of sp³-hybridized carbons (Fsp3) is 0.400. The maximum Gasteiger partial charge on any atom is 0.341 e. The number of aryl methyl sites for hydroxylation is 1. The average molecular weight is 277 g/mol. The number of unbranched alkanes of at least 4 members (excludes halogenated alkanes) is 1. The minimum Gasteiger partial charge on any atom is -0.462 e. The lowest BCUT2D eigenvalue weighted by molar-refractivity contribution is 0.0530. The summed E-state index contributed by atoms with van der Waals surface area (Å²) in [5.74, 6) is -0.320. The first kappa shape index (κ1) is 13.9. The number of hydrogen-bond donors (Lipinski definition) is 1. The van der Waals surface area contributed by atoms with E-state index < -0.39 is 0 Å². The van der Waals surface area contributed by atoms with Crippen molar-refractivity contribution in [1.82, 2.24) is 0 Å². The first-order valence-corrected chi connectivity index (χ1v) is 7.47. The van der Waals surface area contributed by atoms with E-state index in [0.717, 1.165) is 29.3 Å². The summed E-state index contributed by atoms with van der Waals surface area (Å²) in [6.45, 7) is 4.34. The van der Waals surface area contributed by atoms with Crippen LogP contribution in [0.2, 0.25) is 0 Å². The van der Waals surface area contributed by atoms with E-state index in [1.807, 2.05) is 6.07 Å². The van der Waals surface area contributed by atoms with Gasteiger partial charge in [0.05, 0.1) is 6.61 Å².